The summed E-state index contributed by atoms with van der Waals surface area (Å²) in [5, 5.41) is 13.7. The lowest BCUT2D eigenvalue weighted by atomic mass is 9.95. The monoisotopic (exact) mass is 286 g/mol. The summed E-state index contributed by atoms with van der Waals surface area (Å²) in [5.74, 6) is 0. The summed E-state index contributed by atoms with van der Waals surface area (Å²) in [6, 6.07) is 0.697. The molecule has 1 aliphatic rings. The van der Waals surface area contributed by atoms with Gasteiger partial charge in [-0.05, 0) is 25.8 Å². The van der Waals surface area contributed by atoms with Crippen LogP contribution in [0.5, 0.6) is 0 Å². The molecule has 4 nitrogen and oxygen atoms in total. The molecule has 1 aliphatic carbocycles. The molecule has 1 aromatic rings. The number of thioether (sulfide) groups is 1. The van der Waals surface area contributed by atoms with Gasteiger partial charge in [0, 0.05) is 25.4 Å². The Labute approximate surface area is 118 Å². The van der Waals surface area contributed by atoms with Crippen LogP contribution < -0.4 is 10.2 Å². The Hall–Kier alpha value is -0.330. The first-order chi connectivity index (χ1) is 8.69. The van der Waals surface area contributed by atoms with Crippen LogP contribution in [0.15, 0.2) is 4.34 Å². The molecule has 0 saturated heterocycles. The third kappa shape index (κ3) is 3.83. The normalized spacial score (nSPS) is 24.2. The Morgan fingerprint density at radius 2 is 2.22 bits per heavy atom. The molecule has 0 bridgehead atoms. The molecule has 1 heterocycles. The first-order valence-electron chi connectivity index (χ1n) is 6.60. The van der Waals surface area contributed by atoms with E-state index in [9.17, 15) is 0 Å². The smallest absolute Gasteiger partial charge is 0.208 e. The lowest BCUT2D eigenvalue weighted by molar-refractivity contribution is 0.387. The van der Waals surface area contributed by atoms with Crippen molar-refractivity contribution >= 4 is 28.2 Å². The SMILES string of the molecule is CCNC1CCCC(Sc2nnc(N(C)C)s2)C1. The third-order valence-corrected chi connectivity index (χ3v) is 5.63. The number of hydrogen-bond donors (Lipinski definition) is 1. The third-order valence-electron chi connectivity index (χ3n) is 3.16. The zero-order valence-corrected chi connectivity index (χ0v) is 13.0. The molecule has 0 amide bonds. The zero-order valence-electron chi connectivity index (χ0n) is 11.3. The predicted molar refractivity (Wildman–Crippen MR) is 79.8 cm³/mol. The summed E-state index contributed by atoms with van der Waals surface area (Å²) in [5.41, 5.74) is 0. The molecule has 0 spiro atoms. The van der Waals surface area contributed by atoms with Gasteiger partial charge in [-0.1, -0.05) is 36.4 Å². The van der Waals surface area contributed by atoms with E-state index in [0.29, 0.717) is 11.3 Å². The molecular formula is C12H22N4S2. The predicted octanol–water partition coefficient (Wildman–Crippen LogP) is 2.62. The molecule has 102 valence electrons. The van der Waals surface area contributed by atoms with Gasteiger partial charge < -0.3 is 10.2 Å². The number of aromatic nitrogens is 2. The van der Waals surface area contributed by atoms with Crippen LogP contribution in [0.25, 0.3) is 0 Å². The van der Waals surface area contributed by atoms with Crippen molar-refractivity contribution in [3.8, 4) is 0 Å². The van der Waals surface area contributed by atoms with Crippen LogP contribution >= 0.6 is 23.1 Å². The molecule has 1 N–H and O–H groups in total. The van der Waals surface area contributed by atoms with Crippen molar-refractivity contribution in [3.05, 3.63) is 0 Å². The highest BCUT2D eigenvalue weighted by atomic mass is 32.2. The van der Waals surface area contributed by atoms with Gasteiger partial charge in [0.1, 0.15) is 0 Å². The van der Waals surface area contributed by atoms with Crippen molar-refractivity contribution in [2.24, 2.45) is 0 Å². The lowest BCUT2D eigenvalue weighted by Crippen LogP contribution is -2.34. The second-order valence-electron chi connectivity index (χ2n) is 4.91. The zero-order chi connectivity index (χ0) is 13.0. The fourth-order valence-electron chi connectivity index (χ4n) is 2.30. The van der Waals surface area contributed by atoms with E-state index in [4.69, 9.17) is 0 Å². The topological polar surface area (TPSA) is 41.1 Å². The first kappa shape index (κ1) is 14.1. The van der Waals surface area contributed by atoms with E-state index in [0.717, 1.165) is 16.0 Å². The standard InChI is InChI=1S/C12H22N4S2/c1-4-13-9-6-5-7-10(8-9)17-12-15-14-11(18-12)16(2)3/h9-10,13H,4-8H2,1-3H3. The van der Waals surface area contributed by atoms with E-state index in [-0.39, 0.29) is 0 Å². The number of nitrogens with one attached hydrogen (secondary N) is 1. The van der Waals surface area contributed by atoms with Crippen molar-refractivity contribution in [3.63, 3.8) is 0 Å². The first-order valence-corrected chi connectivity index (χ1v) is 8.29. The molecular weight excluding hydrogens is 264 g/mol. The number of nitrogens with zero attached hydrogens (tertiary/aromatic N) is 3. The molecule has 0 radical (unpaired) electrons. The molecule has 6 heteroatoms. The van der Waals surface area contributed by atoms with E-state index in [1.165, 1.54) is 25.7 Å². The van der Waals surface area contributed by atoms with Crippen molar-refractivity contribution < 1.29 is 0 Å². The summed E-state index contributed by atoms with van der Waals surface area (Å²) >= 11 is 3.61. The van der Waals surface area contributed by atoms with Crippen molar-refractivity contribution in [2.75, 3.05) is 25.5 Å². The van der Waals surface area contributed by atoms with Gasteiger partial charge in [-0.25, -0.2) is 0 Å². The van der Waals surface area contributed by atoms with Crippen LogP contribution in [-0.2, 0) is 0 Å². The minimum Gasteiger partial charge on any atom is -0.353 e. The molecule has 0 aliphatic heterocycles. The minimum absolute atomic E-state index is 0.697. The van der Waals surface area contributed by atoms with Crippen molar-refractivity contribution in [2.45, 2.75) is 48.2 Å². The largest absolute Gasteiger partial charge is 0.353 e. The van der Waals surface area contributed by atoms with Gasteiger partial charge in [-0.2, -0.15) is 0 Å². The van der Waals surface area contributed by atoms with E-state index in [2.05, 4.69) is 22.4 Å². The maximum Gasteiger partial charge on any atom is 0.208 e. The van der Waals surface area contributed by atoms with E-state index in [1.54, 1.807) is 11.3 Å². The number of hydrogen-bond acceptors (Lipinski definition) is 6. The van der Waals surface area contributed by atoms with Crippen molar-refractivity contribution in [1.82, 2.24) is 15.5 Å². The second kappa shape index (κ2) is 6.73. The Bertz CT molecular complexity index is 365. The lowest BCUT2D eigenvalue weighted by Gasteiger charge is -2.28. The van der Waals surface area contributed by atoms with E-state index < -0.39 is 0 Å². The maximum atomic E-state index is 4.27. The van der Waals surface area contributed by atoms with Crippen LogP contribution in [0.4, 0.5) is 5.13 Å². The van der Waals surface area contributed by atoms with Gasteiger partial charge in [0.2, 0.25) is 5.13 Å². The second-order valence-corrected chi connectivity index (χ2v) is 7.41. The Kier molecular flexibility index (Phi) is 5.26. The van der Waals surface area contributed by atoms with Crippen LogP contribution in [0.3, 0.4) is 0 Å². The van der Waals surface area contributed by atoms with Crippen LogP contribution in [-0.4, -0.2) is 42.1 Å². The molecule has 2 rings (SSSR count). The Morgan fingerprint density at radius 1 is 1.39 bits per heavy atom. The summed E-state index contributed by atoms with van der Waals surface area (Å²) in [4.78, 5) is 2.02. The minimum atomic E-state index is 0.697. The summed E-state index contributed by atoms with van der Waals surface area (Å²) in [7, 11) is 4.02. The van der Waals surface area contributed by atoms with E-state index >= 15 is 0 Å². The van der Waals surface area contributed by atoms with E-state index in [1.807, 2.05) is 30.8 Å². The molecule has 18 heavy (non-hydrogen) atoms. The summed E-state index contributed by atoms with van der Waals surface area (Å²) < 4.78 is 1.11. The maximum absolute atomic E-state index is 4.27. The number of anilines is 1. The van der Waals surface area contributed by atoms with Crippen LogP contribution in [0.2, 0.25) is 0 Å². The van der Waals surface area contributed by atoms with Crippen LogP contribution in [0.1, 0.15) is 32.6 Å². The molecule has 0 aromatic carbocycles. The Balaban J connectivity index is 1.87. The van der Waals surface area contributed by atoms with Gasteiger partial charge in [0.15, 0.2) is 4.34 Å². The quantitative estimate of drug-likeness (QED) is 0.901. The highest BCUT2D eigenvalue weighted by Crippen LogP contribution is 2.36. The summed E-state index contributed by atoms with van der Waals surface area (Å²) in [6.45, 7) is 3.26. The molecule has 2 atom stereocenters. The highest BCUT2D eigenvalue weighted by molar-refractivity contribution is 8.01. The average Bonchev–Trinajstić information content (AvgIpc) is 2.78. The Morgan fingerprint density at radius 3 is 2.89 bits per heavy atom. The van der Waals surface area contributed by atoms with Gasteiger partial charge in [0.05, 0.1) is 0 Å². The fourth-order valence-corrected chi connectivity index (χ4v) is 4.61. The van der Waals surface area contributed by atoms with Crippen LogP contribution in [0, 0.1) is 0 Å². The molecule has 1 saturated carbocycles. The van der Waals surface area contributed by atoms with Gasteiger partial charge in [-0.15, -0.1) is 10.2 Å². The number of rotatable bonds is 5. The van der Waals surface area contributed by atoms with Gasteiger partial charge >= 0.3 is 0 Å². The fraction of sp³-hybridized carbons (Fsp3) is 0.833. The molecule has 1 aromatic heterocycles. The molecule has 2 unspecified atom stereocenters. The summed E-state index contributed by atoms with van der Waals surface area (Å²) in [6.07, 6.45) is 5.22. The average molecular weight is 286 g/mol. The van der Waals surface area contributed by atoms with Gasteiger partial charge in [-0.3, -0.25) is 0 Å². The van der Waals surface area contributed by atoms with Crippen molar-refractivity contribution in [1.29, 1.82) is 0 Å². The van der Waals surface area contributed by atoms with Gasteiger partial charge in [0.25, 0.3) is 0 Å². The molecule has 1 fully saturated rings. The highest BCUT2D eigenvalue weighted by Gasteiger charge is 2.23.